The van der Waals surface area contributed by atoms with Gasteiger partial charge in [-0.1, -0.05) is 12.1 Å². The SMILES string of the molecule is Cc1nn(C)c(C)c1NC(=O)[C@@H](C)OC(=O)c1ccc(-c2ccc(F)cc2)s1. The molecule has 2 heterocycles. The van der Waals surface area contributed by atoms with Crippen LogP contribution < -0.4 is 5.32 Å². The highest BCUT2D eigenvalue weighted by Crippen LogP contribution is 2.29. The molecule has 3 aromatic rings. The topological polar surface area (TPSA) is 73.2 Å². The number of rotatable bonds is 5. The second-order valence-electron chi connectivity index (χ2n) is 6.38. The molecule has 1 aromatic carbocycles. The van der Waals surface area contributed by atoms with Crippen LogP contribution in [0.25, 0.3) is 10.4 Å². The lowest BCUT2D eigenvalue weighted by Gasteiger charge is -2.13. The third-order valence-corrected chi connectivity index (χ3v) is 5.46. The molecule has 1 N–H and O–H groups in total. The maximum absolute atomic E-state index is 13.0. The fourth-order valence-corrected chi connectivity index (χ4v) is 3.56. The zero-order valence-corrected chi connectivity index (χ0v) is 16.8. The monoisotopic (exact) mass is 401 g/mol. The molecule has 0 fully saturated rings. The number of aromatic nitrogens is 2. The lowest BCUT2D eigenvalue weighted by Crippen LogP contribution is -2.30. The molecular formula is C20H20FN3O3S. The number of amides is 1. The summed E-state index contributed by atoms with van der Waals surface area (Å²) in [4.78, 5) is 26.0. The van der Waals surface area contributed by atoms with Gasteiger partial charge < -0.3 is 10.1 Å². The Hall–Kier alpha value is -3.00. The Balaban J connectivity index is 1.65. The number of carbonyl (C=O) groups is 2. The molecule has 1 atom stereocenters. The largest absolute Gasteiger partial charge is 0.448 e. The molecule has 0 aliphatic rings. The predicted molar refractivity (Wildman–Crippen MR) is 106 cm³/mol. The molecule has 0 aliphatic carbocycles. The quantitative estimate of drug-likeness (QED) is 0.654. The number of nitrogens with zero attached hydrogens (tertiary/aromatic N) is 2. The summed E-state index contributed by atoms with van der Waals surface area (Å²) >= 11 is 1.22. The maximum atomic E-state index is 13.0. The summed E-state index contributed by atoms with van der Waals surface area (Å²) in [5.41, 5.74) is 2.92. The minimum atomic E-state index is -0.970. The van der Waals surface area contributed by atoms with Crippen LogP contribution in [-0.4, -0.2) is 27.8 Å². The molecule has 0 saturated heterocycles. The van der Waals surface area contributed by atoms with E-state index in [0.717, 1.165) is 16.1 Å². The Morgan fingerprint density at radius 1 is 1.18 bits per heavy atom. The third kappa shape index (κ3) is 4.12. The van der Waals surface area contributed by atoms with Crippen molar-refractivity contribution in [1.29, 1.82) is 0 Å². The molecule has 0 aliphatic heterocycles. The van der Waals surface area contributed by atoms with Crippen molar-refractivity contribution in [2.75, 3.05) is 5.32 Å². The molecule has 28 heavy (non-hydrogen) atoms. The van der Waals surface area contributed by atoms with Crippen molar-refractivity contribution in [3.05, 3.63) is 58.5 Å². The van der Waals surface area contributed by atoms with Gasteiger partial charge in [0.15, 0.2) is 6.10 Å². The molecule has 0 saturated carbocycles. The van der Waals surface area contributed by atoms with Crippen LogP contribution in [0.2, 0.25) is 0 Å². The summed E-state index contributed by atoms with van der Waals surface area (Å²) in [5, 5.41) is 7.00. The van der Waals surface area contributed by atoms with E-state index in [1.54, 1.807) is 42.9 Å². The third-order valence-electron chi connectivity index (χ3n) is 4.35. The lowest BCUT2D eigenvalue weighted by atomic mass is 10.2. The number of aryl methyl sites for hydroxylation is 2. The van der Waals surface area contributed by atoms with Gasteiger partial charge in [0.05, 0.1) is 17.1 Å². The number of ether oxygens (including phenoxy) is 1. The maximum Gasteiger partial charge on any atom is 0.349 e. The van der Waals surface area contributed by atoms with Gasteiger partial charge >= 0.3 is 5.97 Å². The number of nitrogens with one attached hydrogen (secondary N) is 1. The highest BCUT2D eigenvalue weighted by molar-refractivity contribution is 7.17. The van der Waals surface area contributed by atoms with Crippen molar-refractivity contribution in [1.82, 2.24) is 9.78 Å². The summed E-state index contributed by atoms with van der Waals surface area (Å²) in [6, 6.07) is 9.41. The van der Waals surface area contributed by atoms with Gasteiger partial charge in [-0.05, 0) is 50.6 Å². The summed E-state index contributed by atoms with van der Waals surface area (Å²) in [5.74, 6) is -1.33. The van der Waals surface area contributed by atoms with E-state index >= 15 is 0 Å². The Kier molecular flexibility index (Phi) is 5.60. The molecule has 146 valence electrons. The van der Waals surface area contributed by atoms with Gasteiger partial charge in [-0.15, -0.1) is 11.3 Å². The number of benzene rings is 1. The minimum absolute atomic E-state index is 0.320. The number of esters is 1. The van der Waals surface area contributed by atoms with Crippen molar-refractivity contribution >= 4 is 28.9 Å². The van der Waals surface area contributed by atoms with Crippen molar-refractivity contribution in [2.24, 2.45) is 7.05 Å². The van der Waals surface area contributed by atoms with E-state index in [0.29, 0.717) is 16.3 Å². The summed E-state index contributed by atoms with van der Waals surface area (Å²) in [6.45, 7) is 5.15. The smallest absolute Gasteiger partial charge is 0.349 e. The van der Waals surface area contributed by atoms with Gasteiger partial charge in [0, 0.05) is 11.9 Å². The van der Waals surface area contributed by atoms with Crippen molar-refractivity contribution in [3.8, 4) is 10.4 Å². The van der Waals surface area contributed by atoms with E-state index in [1.165, 1.54) is 30.4 Å². The van der Waals surface area contributed by atoms with Gasteiger partial charge in [-0.2, -0.15) is 5.10 Å². The molecular weight excluding hydrogens is 381 g/mol. The highest BCUT2D eigenvalue weighted by Gasteiger charge is 2.22. The first-order valence-electron chi connectivity index (χ1n) is 8.64. The van der Waals surface area contributed by atoms with Crippen molar-refractivity contribution in [3.63, 3.8) is 0 Å². The molecule has 0 unspecified atom stereocenters. The van der Waals surface area contributed by atoms with Crippen LogP contribution in [0.5, 0.6) is 0 Å². The van der Waals surface area contributed by atoms with E-state index in [-0.39, 0.29) is 5.82 Å². The van der Waals surface area contributed by atoms with E-state index in [4.69, 9.17) is 4.74 Å². The van der Waals surface area contributed by atoms with Gasteiger partial charge in [0.2, 0.25) is 0 Å². The van der Waals surface area contributed by atoms with Gasteiger partial charge in [0.1, 0.15) is 10.7 Å². The van der Waals surface area contributed by atoms with Crippen LogP contribution in [0, 0.1) is 19.7 Å². The van der Waals surface area contributed by atoms with Crippen LogP contribution >= 0.6 is 11.3 Å². The van der Waals surface area contributed by atoms with E-state index in [1.807, 2.05) is 6.92 Å². The lowest BCUT2D eigenvalue weighted by molar-refractivity contribution is -0.123. The number of carbonyl (C=O) groups excluding carboxylic acids is 2. The predicted octanol–water partition coefficient (Wildman–Crippen LogP) is 4.09. The summed E-state index contributed by atoms with van der Waals surface area (Å²) < 4.78 is 20.0. The number of anilines is 1. The van der Waals surface area contributed by atoms with Crippen LogP contribution in [0.15, 0.2) is 36.4 Å². The molecule has 0 bridgehead atoms. The van der Waals surface area contributed by atoms with Gasteiger partial charge in [-0.25, -0.2) is 9.18 Å². The fourth-order valence-electron chi connectivity index (χ4n) is 2.67. The first-order chi connectivity index (χ1) is 13.3. The highest BCUT2D eigenvalue weighted by atomic mass is 32.1. The molecule has 6 nitrogen and oxygen atoms in total. The Morgan fingerprint density at radius 2 is 1.86 bits per heavy atom. The minimum Gasteiger partial charge on any atom is -0.448 e. The number of halogens is 1. The Labute approximate surface area is 165 Å². The van der Waals surface area contributed by atoms with Crippen LogP contribution in [0.4, 0.5) is 10.1 Å². The number of thiophene rings is 1. The second-order valence-corrected chi connectivity index (χ2v) is 7.46. The van der Waals surface area contributed by atoms with Crippen molar-refractivity contribution in [2.45, 2.75) is 26.9 Å². The standard InChI is InChI=1S/C20H20FN3O3S/c1-11-18(12(2)24(4)23-11)22-19(25)13(3)27-20(26)17-10-9-16(28-17)14-5-7-15(21)8-6-14/h5-10,13H,1-4H3,(H,22,25)/t13-/m1/s1. The molecule has 0 spiro atoms. The average molecular weight is 401 g/mol. The number of hydrogen-bond acceptors (Lipinski definition) is 5. The van der Waals surface area contributed by atoms with Gasteiger partial charge in [0.25, 0.3) is 5.91 Å². The first-order valence-corrected chi connectivity index (χ1v) is 9.45. The van der Waals surface area contributed by atoms with E-state index in [9.17, 15) is 14.0 Å². The fraction of sp³-hybridized carbons (Fsp3) is 0.250. The zero-order chi connectivity index (χ0) is 20.4. The Bertz CT molecular complexity index is 1020. The van der Waals surface area contributed by atoms with Gasteiger partial charge in [-0.3, -0.25) is 9.48 Å². The van der Waals surface area contributed by atoms with Crippen molar-refractivity contribution < 1.29 is 18.7 Å². The summed E-state index contributed by atoms with van der Waals surface area (Å²) in [7, 11) is 1.79. The zero-order valence-electron chi connectivity index (χ0n) is 15.9. The normalized spacial score (nSPS) is 11.9. The molecule has 3 rings (SSSR count). The summed E-state index contributed by atoms with van der Waals surface area (Å²) in [6.07, 6.45) is -0.970. The van der Waals surface area contributed by atoms with Crippen LogP contribution in [0.1, 0.15) is 28.0 Å². The Morgan fingerprint density at radius 3 is 2.46 bits per heavy atom. The molecule has 0 radical (unpaired) electrons. The van der Waals surface area contributed by atoms with E-state index in [2.05, 4.69) is 10.4 Å². The van der Waals surface area contributed by atoms with Crippen LogP contribution in [0.3, 0.4) is 0 Å². The molecule has 1 amide bonds. The number of hydrogen-bond donors (Lipinski definition) is 1. The molecule has 8 heteroatoms. The second kappa shape index (κ2) is 7.93. The molecule has 2 aromatic heterocycles. The van der Waals surface area contributed by atoms with Crippen LogP contribution in [-0.2, 0) is 16.6 Å². The average Bonchev–Trinajstić information content (AvgIpc) is 3.23. The van der Waals surface area contributed by atoms with E-state index < -0.39 is 18.0 Å². The first kappa shape index (κ1) is 19.8.